The van der Waals surface area contributed by atoms with Crippen LogP contribution in [0, 0.1) is 6.92 Å². The highest BCUT2D eigenvalue weighted by atomic mass is 16.2. The third kappa shape index (κ3) is 2.00. The fraction of sp³-hybridized carbons (Fsp3) is 0.100. The predicted molar refractivity (Wildman–Crippen MR) is 59.9 cm³/mol. The number of aryl methyl sites for hydroxylation is 1. The quantitative estimate of drug-likeness (QED) is 0.697. The van der Waals surface area contributed by atoms with Gasteiger partial charge in [0.1, 0.15) is 0 Å². The minimum Gasteiger partial charge on any atom is -0.397 e. The Morgan fingerprint density at radius 1 is 1.56 bits per heavy atom. The third-order valence-corrected chi connectivity index (χ3v) is 2.00. The Labute approximate surface area is 91.9 Å². The van der Waals surface area contributed by atoms with Crippen LogP contribution in [0.15, 0.2) is 24.4 Å². The number of rotatable bonds is 2. The zero-order valence-electron chi connectivity index (χ0n) is 8.69. The second kappa shape index (κ2) is 4.01. The molecule has 0 fully saturated rings. The second-order valence-electron chi connectivity index (χ2n) is 3.33. The van der Waals surface area contributed by atoms with E-state index in [9.17, 15) is 4.79 Å². The molecular formula is C10H11N5O. The van der Waals surface area contributed by atoms with Gasteiger partial charge in [0.05, 0.1) is 5.69 Å². The summed E-state index contributed by atoms with van der Waals surface area (Å²) in [6.07, 6.45) is 1.51. The van der Waals surface area contributed by atoms with E-state index in [1.807, 2.05) is 6.92 Å². The molecule has 0 radical (unpaired) electrons. The molecule has 0 spiro atoms. The van der Waals surface area contributed by atoms with Gasteiger partial charge in [-0.25, -0.2) is 4.98 Å². The van der Waals surface area contributed by atoms with Crippen LogP contribution in [0.5, 0.6) is 0 Å². The lowest BCUT2D eigenvalue weighted by Gasteiger charge is -2.03. The van der Waals surface area contributed by atoms with E-state index in [-0.39, 0.29) is 11.6 Å². The van der Waals surface area contributed by atoms with Gasteiger partial charge in [-0.05, 0) is 19.1 Å². The number of amides is 1. The smallest absolute Gasteiger partial charge is 0.277 e. The molecule has 6 heteroatoms. The van der Waals surface area contributed by atoms with E-state index in [0.717, 1.165) is 5.69 Å². The highest BCUT2D eigenvalue weighted by Crippen LogP contribution is 2.10. The average molecular weight is 217 g/mol. The highest BCUT2D eigenvalue weighted by Gasteiger charge is 2.11. The van der Waals surface area contributed by atoms with Crippen molar-refractivity contribution >= 4 is 17.4 Å². The number of hydrogen-bond donors (Lipinski definition) is 3. The summed E-state index contributed by atoms with van der Waals surface area (Å²) in [5.41, 5.74) is 7.03. The van der Waals surface area contributed by atoms with Crippen LogP contribution >= 0.6 is 0 Å². The van der Waals surface area contributed by atoms with E-state index < -0.39 is 0 Å². The lowest BCUT2D eigenvalue weighted by molar-refractivity contribution is 0.102. The lowest BCUT2D eigenvalue weighted by atomic mass is 10.3. The minimum atomic E-state index is -0.371. The largest absolute Gasteiger partial charge is 0.397 e. The van der Waals surface area contributed by atoms with Crippen molar-refractivity contribution in [2.75, 3.05) is 11.1 Å². The van der Waals surface area contributed by atoms with Crippen LogP contribution < -0.4 is 11.1 Å². The molecule has 4 N–H and O–H groups in total. The number of H-pyrrole nitrogens is 1. The predicted octanol–water partition coefficient (Wildman–Crippen LogP) is 0.948. The number of nitrogens with two attached hydrogens (primary N) is 1. The molecule has 0 aliphatic rings. The van der Waals surface area contributed by atoms with E-state index in [0.29, 0.717) is 11.5 Å². The summed E-state index contributed by atoms with van der Waals surface area (Å²) in [7, 11) is 0. The van der Waals surface area contributed by atoms with Gasteiger partial charge in [-0.3, -0.25) is 9.89 Å². The number of anilines is 2. The summed E-state index contributed by atoms with van der Waals surface area (Å²) in [5.74, 6) is 0.0807. The normalized spacial score (nSPS) is 10.1. The number of carbonyl (C=O) groups is 1. The summed E-state index contributed by atoms with van der Waals surface area (Å²) in [6.45, 7) is 1.85. The van der Waals surface area contributed by atoms with Crippen LogP contribution in [0.3, 0.4) is 0 Å². The third-order valence-electron chi connectivity index (χ3n) is 2.00. The Kier molecular flexibility index (Phi) is 2.55. The number of aromatic nitrogens is 3. The van der Waals surface area contributed by atoms with E-state index in [1.54, 1.807) is 18.2 Å². The maximum absolute atomic E-state index is 11.7. The van der Waals surface area contributed by atoms with Crippen molar-refractivity contribution in [3.8, 4) is 0 Å². The first kappa shape index (κ1) is 10.2. The number of carbonyl (C=O) groups excluding carboxylic acids is 1. The number of hydrogen-bond acceptors (Lipinski definition) is 4. The Morgan fingerprint density at radius 3 is 3.00 bits per heavy atom. The van der Waals surface area contributed by atoms with Crippen LogP contribution in [0.2, 0.25) is 0 Å². The number of nitrogen functional groups attached to an aromatic ring is 1. The molecule has 0 saturated heterocycles. The molecule has 0 aliphatic carbocycles. The molecule has 6 nitrogen and oxygen atoms in total. The number of nitrogens with one attached hydrogen (secondary N) is 2. The highest BCUT2D eigenvalue weighted by molar-refractivity contribution is 6.05. The van der Waals surface area contributed by atoms with Crippen molar-refractivity contribution < 1.29 is 4.79 Å². The van der Waals surface area contributed by atoms with Gasteiger partial charge in [0, 0.05) is 18.0 Å². The van der Waals surface area contributed by atoms with Crippen LogP contribution in [0.1, 0.15) is 16.2 Å². The molecule has 2 aromatic heterocycles. The standard InChI is InChI=1S/C10H11N5O/c1-6-5-8(15-14-6)13-10(16)9-7(11)3-2-4-12-9/h2-5H,11H2,1H3,(H2,13,14,15,16). The number of aromatic amines is 1. The second-order valence-corrected chi connectivity index (χ2v) is 3.33. The maximum atomic E-state index is 11.7. The maximum Gasteiger partial charge on any atom is 0.277 e. The SMILES string of the molecule is Cc1cc(NC(=O)c2ncccc2N)n[nH]1. The summed E-state index contributed by atoms with van der Waals surface area (Å²) < 4.78 is 0. The fourth-order valence-corrected chi connectivity index (χ4v) is 1.27. The van der Waals surface area contributed by atoms with Gasteiger partial charge in [0.15, 0.2) is 11.5 Å². The summed E-state index contributed by atoms with van der Waals surface area (Å²) in [4.78, 5) is 15.6. The number of pyridine rings is 1. The van der Waals surface area contributed by atoms with Crippen molar-refractivity contribution in [2.45, 2.75) is 6.92 Å². The van der Waals surface area contributed by atoms with Crippen molar-refractivity contribution in [2.24, 2.45) is 0 Å². The Bertz CT molecular complexity index is 519. The van der Waals surface area contributed by atoms with Gasteiger partial charge in [0.25, 0.3) is 5.91 Å². The van der Waals surface area contributed by atoms with E-state index in [4.69, 9.17) is 5.73 Å². The molecule has 0 aliphatic heterocycles. The monoisotopic (exact) mass is 217 g/mol. The van der Waals surface area contributed by atoms with E-state index in [2.05, 4.69) is 20.5 Å². The molecular weight excluding hydrogens is 206 g/mol. The zero-order chi connectivity index (χ0) is 11.5. The fourth-order valence-electron chi connectivity index (χ4n) is 1.27. The molecule has 0 unspecified atom stereocenters. The van der Waals surface area contributed by atoms with Crippen LogP contribution in [0.4, 0.5) is 11.5 Å². The van der Waals surface area contributed by atoms with Gasteiger partial charge < -0.3 is 11.1 Å². The summed E-state index contributed by atoms with van der Waals surface area (Å²) in [6, 6.07) is 5.01. The van der Waals surface area contributed by atoms with Gasteiger partial charge in [-0.1, -0.05) is 0 Å². The molecule has 2 rings (SSSR count). The summed E-state index contributed by atoms with van der Waals surface area (Å²) >= 11 is 0. The molecule has 0 saturated carbocycles. The van der Waals surface area contributed by atoms with Gasteiger partial charge in [-0.2, -0.15) is 5.10 Å². The first-order valence-corrected chi connectivity index (χ1v) is 4.70. The Morgan fingerprint density at radius 2 is 2.38 bits per heavy atom. The van der Waals surface area contributed by atoms with Crippen molar-refractivity contribution in [3.05, 3.63) is 35.8 Å². The first-order chi connectivity index (χ1) is 7.66. The van der Waals surface area contributed by atoms with Crippen molar-refractivity contribution in [3.63, 3.8) is 0 Å². The van der Waals surface area contributed by atoms with E-state index in [1.165, 1.54) is 6.20 Å². The minimum absolute atomic E-state index is 0.197. The van der Waals surface area contributed by atoms with Crippen LogP contribution in [-0.2, 0) is 0 Å². The van der Waals surface area contributed by atoms with Crippen LogP contribution in [-0.4, -0.2) is 21.1 Å². The first-order valence-electron chi connectivity index (χ1n) is 4.70. The topological polar surface area (TPSA) is 96.7 Å². The molecule has 0 aromatic carbocycles. The molecule has 2 aromatic rings. The van der Waals surface area contributed by atoms with Crippen molar-refractivity contribution in [1.82, 2.24) is 15.2 Å². The van der Waals surface area contributed by atoms with Gasteiger partial charge >= 0.3 is 0 Å². The lowest BCUT2D eigenvalue weighted by Crippen LogP contribution is -2.15. The average Bonchev–Trinajstić information content (AvgIpc) is 2.64. The van der Waals surface area contributed by atoms with Crippen molar-refractivity contribution in [1.29, 1.82) is 0 Å². The Hall–Kier alpha value is -2.37. The molecule has 2 heterocycles. The van der Waals surface area contributed by atoms with Gasteiger partial charge in [-0.15, -0.1) is 0 Å². The molecule has 0 atom stereocenters. The van der Waals surface area contributed by atoms with Gasteiger partial charge in [0.2, 0.25) is 0 Å². The van der Waals surface area contributed by atoms with E-state index >= 15 is 0 Å². The summed E-state index contributed by atoms with van der Waals surface area (Å²) in [5, 5.41) is 9.21. The molecule has 82 valence electrons. The molecule has 1 amide bonds. The molecule has 16 heavy (non-hydrogen) atoms. The zero-order valence-corrected chi connectivity index (χ0v) is 8.69. The van der Waals surface area contributed by atoms with Crippen LogP contribution in [0.25, 0.3) is 0 Å². The molecule has 0 bridgehead atoms. The Balaban J connectivity index is 2.18. The number of nitrogens with zero attached hydrogens (tertiary/aromatic N) is 2.